The highest BCUT2D eigenvalue weighted by atomic mass is 16.5. The van der Waals surface area contributed by atoms with Gasteiger partial charge < -0.3 is 9.15 Å². The molecule has 1 amide bonds. The van der Waals surface area contributed by atoms with Crippen molar-refractivity contribution in [1.29, 1.82) is 5.26 Å². The van der Waals surface area contributed by atoms with Crippen molar-refractivity contribution in [3.05, 3.63) is 58.4 Å². The smallest absolute Gasteiger partial charge is 0.342 e. The summed E-state index contributed by atoms with van der Waals surface area (Å²) in [5.41, 5.74) is 1.94. The molecule has 1 aromatic heterocycles. The van der Waals surface area contributed by atoms with Crippen LogP contribution < -0.4 is 5.32 Å². The molecule has 0 bridgehead atoms. The lowest BCUT2D eigenvalue weighted by Gasteiger charge is -1.99. The summed E-state index contributed by atoms with van der Waals surface area (Å²) < 4.78 is 9.93. The standard InChI is InChI=1S/C18H16N2O4/c1-11-4-6-13(7-5-11)8-9-15(21)20-17-14(10-19)16(12(2)24-17)18(22)23-3/h4-9H,1-3H3,(H,20,21)/b9-8+. The molecule has 0 unspecified atom stereocenters. The average Bonchev–Trinajstić information content (AvgIpc) is 2.88. The summed E-state index contributed by atoms with van der Waals surface area (Å²) in [6.45, 7) is 3.49. The van der Waals surface area contributed by atoms with E-state index in [1.807, 2.05) is 37.3 Å². The quantitative estimate of drug-likeness (QED) is 0.688. The predicted octanol–water partition coefficient (Wildman–Crippen LogP) is 3.21. The molecule has 24 heavy (non-hydrogen) atoms. The Labute approximate surface area is 139 Å². The number of rotatable bonds is 4. The number of hydrogen-bond donors (Lipinski definition) is 1. The first-order valence-electron chi connectivity index (χ1n) is 7.13. The molecule has 0 aliphatic heterocycles. The zero-order valence-electron chi connectivity index (χ0n) is 13.5. The van der Waals surface area contributed by atoms with E-state index in [-0.39, 0.29) is 22.8 Å². The molecular formula is C18H16N2O4. The van der Waals surface area contributed by atoms with E-state index in [0.717, 1.165) is 11.1 Å². The molecule has 6 nitrogen and oxygen atoms in total. The second kappa shape index (κ2) is 7.29. The Bertz CT molecular complexity index is 839. The Kier molecular flexibility index (Phi) is 5.17. The molecule has 0 fully saturated rings. The Hall–Kier alpha value is -3.33. The maximum Gasteiger partial charge on any atom is 0.342 e. The number of hydrogen-bond acceptors (Lipinski definition) is 5. The molecule has 0 aliphatic carbocycles. The van der Waals surface area contributed by atoms with Crippen LogP contribution in [0.2, 0.25) is 0 Å². The Morgan fingerprint density at radius 3 is 2.50 bits per heavy atom. The van der Waals surface area contributed by atoms with Gasteiger partial charge >= 0.3 is 5.97 Å². The number of benzene rings is 1. The number of furan rings is 1. The number of methoxy groups -OCH3 is 1. The number of ether oxygens (including phenoxy) is 1. The van der Waals surface area contributed by atoms with Crippen LogP contribution in [0, 0.1) is 25.2 Å². The van der Waals surface area contributed by atoms with Gasteiger partial charge in [0.25, 0.3) is 5.91 Å². The number of carbonyl (C=O) groups is 2. The first kappa shape index (κ1) is 17.0. The number of aryl methyl sites for hydroxylation is 2. The summed E-state index contributed by atoms with van der Waals surface area (Å²) >= 11 is 0. The Morgan fingerprint density at radius 1 is 1.25 bits per heavy atom. The molecule has 0 saturated carbocycles. The minimum Gasteiger partial charge on any atom is -0.465 e. The molecule has 122 valence electrons. The van der Waals surface area contributed by atoms with Crippen molar-refractivity contribution >= 4 is 23.8 Å². The minimum absolute atomic E-state index is 0.0119. The maximum absolute atomic E-state index is 12.0. The van der Waals surface area contributed by atoms with E-state index >= 15 is 0 Å². The van der Waals surface area contributed by atoms with Crippen LogP contribution in [0.5, 0.6) is 0 Å². The molecule has 2 rings (SSSR count). The van der Waals surface area contributed by atoms with Crippen LogP contribution in [-0.4, -0.2) is 19.0 Å². The summed E-state index contributed by atoms with van der Waals surface area (Å²) in [5.74, 6) is -1.04. The van der Waals surface area contributed by atoms with Crippen molar-refractivity contribution in [2.45, 2.75) is 13.8 Å². The number of nitrogens with zero attached hydrogens (tertiary/aromatic N) is 1. The molecule has 1 heterocycles. The predicted molar refractivity (Wildman–Crippen MR) is 88.3 cm³/mol. The summed E-state index contributed by atoms with van der Waals surface area (Å²) in [7, 11) is 1.21. The number of nitriles is 1. The minimum atomic E-state index is -0.691. The van der Waals surface area contributed by atoms with Crippen LogP contribution >= 0.6 is 0 Å². The molecule has 1 N–H and O–H groups in total. The number of carbonyl (C=O) groups excluding carboxylic acids is 2. The van der Waals surface area contributed by atoms with Gasteiger partial charge in [0.15, 0.2) is 0 Å². The molecule has 6 heteroatoms. The van der Waals surface area contributed by atoms with Gasteiger partial charge in [-0.05, 0) is 25.5 Å². The molecule has 0 radical (unpaired) electrons. The van der Waals surface area contributed by atoms with Gasteiger partial charge in [-0.15, -0.1) is 0 Å². The first-order valence-corrected chi connectivity index (χ1v) is 7.13. The molecular weight excluding hydrogens is 308 g/mol. The third-order valence-electron chi connectivity index (χ3n) is 3.33. The van der Waals surface area contributed by atoms with Crippen molar-refractivity contribution in [3.63, 3.8) is 0 Å². The fourth-order valence-electron chi connectivity index (χ4n) is 2.09. The van der Waals surface area contributed by atoms with Crippen molar-refractivity contribution in [2.24, 2.45) is 0 Å². The van der Waals surface area contributed by atoms with Crippen LogP contribution in [0.4, 0.5) is 5.88 Å². The van der Waals surface area contributed by atoms with E-state index in [9.17, 15) is 14.9 Å². The SMILES string of the molecule is COC(=O)c1c(C)oc(NC(=O)/C=C/c2ccc(C)cc2)c1C#N. The van der Waals surface area contributed by atoms with Gasteiger partial charge in [0.05, 0.1) is 7.11 Å². The fourth-order valence-corrected chi connectivity index (χ4v) is 2.09. The Morgan fingerprint density at radius 2 is 1.92 bits per heavy atom. The van der Waals surface area contributed by atoms with Crippen LogP contribution in [0.15, 0.2) is 34.8 Å². The third kappa shape index (κ3) is 3.70. The molecule has 0 spiro atoms. The van der Waals surface area contributed by atoms with E-state index in [2.05, 4.69) is 10.1 Å². The number of anilines is 1. The van der Waals surface area contributed by atoms with Crippen LogP contribution in [0.25, 0.3) is 6.08 Å². The molecule has 1 aromatic carbocycles. The van der Waals surface area contributed by atoms with Gasteiger partial charge in [-0.25, -0.2) is 4.79 Å². The normalized spacial score (nSPS) is 10.4. The summed E-state index contributed by atoms with van der Waals surface area (Å²) in [4.78, 5) is 23.7. The van der Waals surface area contributed by atoms with Gasteiger partial charge in [0.2, 0.25) is 5.88 Å². The van der Waals surface area contributed by atoms with Crippen LogP contribution in [-0.2, 0) is 9.53 Å². The third-order valence-corrected chi connectivity index (χ3v) is 3.33. The molecule has 0 atom stereocenters. The highest BCUT2D eigenvalue weighted by Crippen LogP contribution is 2.27. The summed E-state index contributed by atoms with van der Waals surface area (Å²) in [6, 6.07) is 9.48. The lowest BCUT2D eigenvalue weighted by Crippen LogP contribution is -2.09. The van der Waals surface area contributed by atoms with E-state index in [1.54, 1.807) is 6.08 Å². The zero-order valence-corrected chi connectivity index (χ0v) is 13.5. The van der Waals surface area contributed by atoms with Crippen molar-refractivity contribution in [1.82, 2.24) is 0 Å². The largest absolute Gasteiger partial charge is 0.465 e. The van der Waals surface area contributed by atoms with E-state index in [0.29, 0.717) is 0 Å². The highest BCUT2D eigenvalue weighted by Gasteiger charge is 2.24. The zero-order chi connectivity index (χ0) is 17.7. The highest BCUT2D eigenvalue weighted by molar-refractivity contribution is 6.03. The van der Waals surface area contributed by atoms with Gasteiger partial charge in [-0.3, -0.25) is 10.1 Å². The van der Waals surface area contributed by atoms with Gasteiger partial charge in [-0.1, -0.05) is 29.8 Å². The Balaban J connectivity index is 2.19. The van der Waals surface area contributed by atoms with E-state index in [4.69, 9.17) is 4.42 Å². The van der Waals surface area contributed by atoms with Gasteiger partial charge in [0.1, 0.15) is 23.0 Å². The summed E-state index contributed by atoms with van der Waals surface area (Å²) in [6.07, 6.45) is 2.96. The topological polar surface area (TPSA) is 92.3 Å². The molecule has 0 aliphatic rings. The molecule has 2 aromatic rings. The van der Waals surface area contributed by atoms with Crippen molar-refractivity contribution in [2.75, 3.05) is 12.4 Å². The van der Waals surface area contributed by atoms with E-state index < -0.39 is 11.9 Å². The number of esters is 1. The van der Waals surface area contributed by atoms with Gasteiger partial charge in [-0.2, -0.15) is 5.26 Å². The second-order valence-corrected chi connectivity index (χ2v) is 5.07. The lowest BCUT2D eigenvalue weighted by atomic mass is 10.1. The molecule has 0 saturated heterocycles. The first-order chi connectivity index (χ1) is 11.5. The average molecular weight is 324 g/mol. The van der Waals surface area contributed by atoms with Crippen LogP contribution in [0.1, 0.15) is 32.8 Å². The number of nitrogens with one attached hydrogen (secondary N) is 1. The van der Waals surface area contributed by atoms with Crippen molar-refractivity contribution < 1.29 is 18.7 Å². The van der Waals surface area contributed by atoms with Crippen molar-refractivity contribution in [3.8, 4) is 6.07 Å². The fraction of sp³-hybridized carbons (Fsp3) is 0.167. The van der Waals surface area contributed by atoms with Crippen LogP contribution in [0.3, 0.4) is 0 Å². The number of amides is 1. The lowest BCUT2D eigenvalue weighted by molar-refractivity contribution is -0.111. The monoisotopic (exact) mass is 324 g/mol. The summed E-state index contributed by atoms with van der Waals surface area (Å²) in [5, 5.41) is 11.7. The second-order valence-electron chi connectivity index (χ2n) is 5.07. The van der Waals surface area contributed by atoms with Gasteiger partial charge in [0, 0.05) is 6.08 Å². The maximum atomic E-state index is 12.0. The van der Waals surface area contributed by atoms with E-state index in [1.165, 1.54) is 20.1 Å².